The second-order valence-electron chi connectivity index (χ2n) is 9.24. The van der Waals surface area contributed by atoms with Crippen LogP contribution in [0.1, 0.15) is 60.1 Å². The summed E-state index contributed by atoms with van der Waals surface area (Å²) in [6.45, 7) is 2.57. The Balaban J connectivity index is 1.73. The quantitative estimate of drug-likeness (QED) is 0.343. The molecule has 2 aromatic carbocycles. The summed E-state index contributed by atoms with van der Waals surface area (Å²) in [4.78, 5) is 13.2. The van der Waals surface area contributed by atoms with Crippen molar-refractivity contribution in [2.45, 2.75) is 62.9 Å². The number of aliphatic hydroxyl groups is 1. The Labute approximate surface area is 215 Å². The van der Waals surface area contributed by atoms with Gasteiger partial charge in [0.25, 0.3) is 5.91 Å². The summed E-state index contributed by atoms with van der Waals surface area (Å²) in [5.41, 5.74) is -1.51. The summed E-state index contributed by atoms with van der Waals surface area (Å²) >= 11 is 5.95. The number of alkyl halides is 5. The summed E-state index contributed by atoms with van der Waals surface area (Å²) < 4.78 is 69.6. The van der Waals surface area contributed by atoms with Gasteiger partial charge >= 0.3 is 6.18 Å². The monoisotopic (exact) mass is 541 g/mol. The Morgan fingerprint density at radius 2 is 1.81 bits per heavy atom. The average molecular weight is 542 g/mol. The van der Waals surface area contributed by atoms with Gasteiger partial charge in [-0.05, 0) is 49.1 Å². The van der Waals surface area contributed by atoms with Crippen molar-refractivity contribution in [3.8, 4) is 11.1 Å². The molecule has 37 heavy (non-hydrogen) atoms. The molecule has 1 aliphatic carbocycles. The molecule has 2 N–H and O–H groups in total. The minimum absolute atomic E-state index is 0.320. The van der Waals surface area contributed by atoms with Gasteiger partial charge in [-0.25, -0.2) is 8.78 Å². The Hall–Kier alpha value is -2.98. The zero-order valence-electron chi connectivity index (χ0n) is 19.8. The van der Waals surface area contributed by atoms with Gasteiger partial charge in [-0.2, -0.15) is 18.3 Å². The van der Waals surface area contributed by atoms with Crippen molar-refractivity contribution >= 4 is 17.5 Å². The summed E-state index contributed by atoms with van der Waals surface area (Å²) in [6, 6.07) is 8.56. The highest BCUT2D eigenvalue weighted by molar-refractivity contribution is 6.34. The minimum Gasteiger partial charge on any atom is -0.387 e. The standard InChI is InChI=1S/C26H25ClF5N3O2/c1-2-35-15-18(14-33-35)16-5-3-6-17(13-16)22(24(37)9-11-25(28,29)12-10-24)34-23(36)19-7-4-8-20(21(19)27)26(30,31)32/h3-8,13-15,22,37H,2,9-12H2,1H3,(H,34,36). The van der Waals surface area contributed by atoms with Crippen LogP contribution in [-0.2, 0) is 12.7 Å². The molecule has 1 heterocycles. The molecule has 1 aromatic heterocycles. The lowest BCUT2D eigenvalue weighted by molar-refractivity contribution is -0.137. The molecule has 4 rings (SSSR count). The molecule has 0 radical (unpaired) electrons. The maximum absolute atomic E-state index is 13.9. The van der Waals surface area contributed by atoms with E-state index in [1.54, 1.807) is 35.1 Å². The number of nitrogens with one attached hydrogen (secondary N) is 1. The summed E-state index contributed by atoms with van der Waals surface area (Å²) in [6.07, 6.45) is -3.15. The maximum atomic E-state index is 13.9. The van der Waals surface area contributed by atoms with Crippen LogP contribution < -0.4 is 5.32 Å². The van der Waals surface area contributed by atoms with E-state index in [9.17, 15) is 31.9 Å². The van der Waals surface area contributed by atoms with Crippen molar-refractivity contribution in [2.75, 3.05) is 0 Å². The molecular formula is C26H25ClF5N3O2. The number of carbonyl (C=O) groups excluding carboxylic acids is 1. The van der Waals surface area contributed by atoms with Gasteiger partial charge in [-0.1, -0.05) is 35.9 Å². The van der Waals surface area contributed by atoms with Gasteiger partial charge < -0.3 is 10.4 Å². The predicted molar refractivity (Wildman–Crippen MR) is 128 cm³/mol. The molecule has 0 aliphatic heterocycles. The van der Waals surface area contributed by atoms with Crippen molar-refractivity contribution in [2.24, 2.45) is 0 Å². The normalized spacial score (nSPS) is 17.8. The SMILES string of the molecule is CCn1cc(-c2cccc(C(NC(=O)c3cccc(C(F)(F)F)c3Cl)C3(O)CCC(F)(F)CC3)c2)cn1. The molecule has 0 bridgehead atoms. The topological polar surface area (TPSA) is 67.2 Å². The predicted octanol–water partition coefficient (Wildman–Crippen LogP) is 6.65. The van der Waals surface area contributed by atoms with Gasteiger partial charge in [0.1, 0.15) is 0 Å². The molecule has 1 aliphatic rings. The van der Waals surface area contributed by atoms with Crippen molar-refractivity contribution in [3.63, 3.8) is 0 Å². The van der Waals surface area contributed by atoms with E-state index >= 15 is 0 Å². The third-order valence-electron chi connectivity index (χ3n) is 6.72. The van der Waals surface area contributed by atoms with Crippen LogP contribution in [0.2, 0.25) is 5.02 Å². The number of benzene rings is 2. The highest BCUT2D eigenvalue weighted by Gasteiger charge is 2.48. The second-order valence-corrected chi connectivity index (χ2v) is 9.62. The van der Waals surface area contributed by atoms with E-state index in [0.29, 0.717) is 17.7 Å². The van der Waals surface area contributed by atoms with Crippen molar-refractivity contribution in [1.29, 1.82) is 0 Å². The zero-order chi connectivity index (χ0) is 27.0. The lowest BCUT2D eigenvalue weighted by Gasteiger charge is -2.42. The molecule has 11 heteroatoms. The second kappa shape index (κ2) is 10.1. The summed E-state index contributed by atoms with van der Waals surface area (Å²) in [5.74, 6) is -3.92. The number of hydrogen-bond acceptors (Lipinski definition) is 3. The molecule has 5 nitrogen and oxygen atoms in total. The first-order valence-corrected chi connectivity index (χ1v) is 12.1. The van der Waals surface area contributed by atoms with E-state index in [0.717, 1.165) is 23.8 Å². The fraction of sp³-hybridized carbons (Fsp3) is 0.385. The number of amides is 1. The zero-order valence-corrected chi connectivity index (χ0v) is 20.6. The van der Waals surface area contributed by atoms with Gasteiger partial charge in [-0.3, -0.25) is 9.48 Å². The Morgan fingerprint density at radius 3 is 2.43 bits per heavy atom. The van der Waals surface area contributed by atoms with Gasteiger partial charge in [0.15, 0.2) is 0 Å². The molecule has 1 unspecified atom stereocenters. The highest BCUT2D eigenvalue weighted by Crippen LogP contribution is 2.45. The van der Waals surface area contributed by atoms with Crippen LogP contribution in [0.25, 0.3) is 11.1 Å². The highest BCUT2D eigenvalue weighted by atomic mass is 35.5. The maximum Gasteiger partial charge on any atom is 0.417 e. The number of aryl methyl sites for hydroxylation is 1. The fourth-order valence-corrected chi connectivity index (χ4v) is 4.90. The van der Waals surface area contributed by atoms with E-state index in [2.05, 4.69) is 10.4 Å². The van der Waals surface area contributed by atoms with Crippen LogP contribution in [0, 0.1) is 0 Å². The number of halogens is 6. The number of hydrogen-bond donors (Lipinski definition) is 2. The first-order valence-electron chi connectivity index (χ1n) is 11.7. The Morgan fingerprint density at radius 1 is 1.14 bits per heavy atom. The van der Waals surface area contributed by atoms with Crippen molar-refractivity contribution in [3.05, 3.63) is 76.6 Å². The van der Waals surface area contributed by atoms with Crippen LogP contribution >= 0.6 is 11.6 Å². The molecular weight excluding hydrogens is 517 g/mol. The fourth-order valence-electron chi connectivity index (χ4n) is 4.58. The molecule has 3 aromatic rings. The van der Waals surface area contributed by atoms with Gasteiger partial charge in [0, 0.05) is 31.1 Å². The molecule has 0 saturated heterocycles. The number of rotatable bonds is 6. The van der Waals surface area contributed by atoms with Gasteiger partial charge in [0.2, 0.25) is 5.92 Å². The van der Waals surface area contributed by atoms with Crippen LogP contribution in [0.3, 0.4) is 0 Å². The van der Waals surface area contributed by atoms with Crippen LogP contribution in [0.15, 0.2) is 54.9 Å². The van der Waals surface area contributed by atoms with E-state index in [-0.39, 0.29) is 12.8 Å². The smallest absolute Gasteiger partial charge is 0.387 e. The lowest BCUT2D eigenvalue weighted by Crippen LogP contribution is -2.50. The van der Waals surface area contributed by atoms with Crippen LogP contribution in [-0.4, -0.2) is 32.3 Å². The summed E-state index contributed by atoms with van der Waals surface area (Å²) in [7, 11) is 0. The lowest BCUT2D eigenvalue weighted by atomic mass is 9.75. The van der Waals surface area contributed by atoms with Crippen molar-refractivity contribution in [1.82, 2.24) is 15.1 Å². The third-order valence-corrected chi connectivity index (χ3v) is 7.13. The van der Waals surface area contributed by atoms with Crippen LogP contribution in [0.5, 0.6) is 0 Å². The molecule has 0 spiro atoms. The molecule has 1 atom stereocenters. The van der Waals surface area contributed by atoms with E-state index in [4.69, 9.17) is 11.6 Å². The number of nitrogens with zero attached hydrogens (tertiary/aromatic N) is 2. The van der Waals surface area contributed by atoms with Crippen LogP contribution in [0.4, 0.5) is 22.0 Å². The first kappa shape index (κ1) is 27.1. The average Bonchev–Trinajstić information content (AvgIpc) is 3.33. The minimum atomic E-state index is -4.78. The third kappa shape index (κ3) is 5.80. The van der Waals surface area contributed by atoms with Gasteiger partial charge in [-0.15, -0.1) is 0 Å². The molecule has 198 valence electrons. The number of aromatic nitrogens is 2. The van der Waals surface area contributed by atoms with Gasteiger partial charge in [0.05, 0.1) is 34.0 Å². The Bertz CT molecular complexity index is 1280. The van der Waals surface area contributed by atoms with Crippen molar-refractivity contribution < 1.29 is 31.9 Å². The molecule has 1 amide bonds. The van der Waals surface area contributed by atoms with E-state index in [1.807, 2.05) is 13.1 Å². The molecule has 1 saturated carbocycles. The van der Waals surface area contributed by atoms with E-state index < -0.39 is 58.6 Å². The summed E-state index contributed by atoms with van der Waals surface area (Å²) in [5, 5.41) is 17.5. The molecule has 1 fully saturated rings. The largest absolute Gasteiger partial charge is 0.417 e. The first-order chi connectivity index (χ1) is 17.3. The Kier molecular flexibility index (Phi) is 7.36. The van der Waals surface area contributed by atoms with E-state index in [1.165, 1.54) is 0 Å². The number of carbonyl (C=O) groups is 1.